The second-order valence-corrected chi connectivity index (χ2v) is 7.34. The number of sulfone groups is 1. The van der Waals surface area contributed by atoms with Crippen LogP contribution in [0.1, 0.15) is 31.9 Å². The minimum Gasteiger partial charge on any atom is -0.369 e. The Bertz CT molecular complexity index is 524. The zero-order chi connectivity index (χ0) is 14.0. The third kappa shape index (κ3) is 3.78. The van der Waals surface area contributed by atoms with Gasteiger partial charge >= 0.3 is 0 Å². The van der Waals surface area contributed by atoms with Crippen molar-refractivity contribution in [2.45, 2.75) is 43.4 Å². The van der Waals surface area contributed by atoms with Crippen molar-refractivity contribution in [2.24, 2.45) is 0 Å². The molecule has 1 fully saturated rings. The van der Waals surface area contributed by atoms with Crippen molar-refractivity contribution in [1.29, 1.82) is 0 Å². The minimum absolute atomic E-state index is 0.0199. The molecule has 4 nitrogen and oxygen atoms in total. The van der Waals surface area contributed by atoms with Crippen molar-refractivity contribution in [3.63, 3.8) is 0 Å². The number of nitrogens with one attached hydrogen (secondary N) is 1. The van der Waals surface area contributed by atoms with E-state index in [2.05, 4.69) is 19.2 Å². The first-order valence-corrected chi connectivity index (χ1v) is 8.44. The van der Waals surface area contributed by atoms with Crippen LogP contribution < -0.4 is 5.32 Å². The lowest BCUT2D eigenvalue weighted by molar-refractivity contribution is 0.00715. The second-order valence-electron chi connectivity index (χ2n) is 5.32. The molecule has 0 radical (unpaired) electrons. The second kappa shape index (κ2) is 5.61. The zero-order valence-corrected chi connectivity index (χ0v) is 12.4. The summed E-state index contributed by atoms with van der Waals surface area (Å²) in [6, 6.07) is 7.41. The standard InChI is InChI=1S/C14H21NO3S/c1-10-8-11(2)18-14(9-15-10)12-4-6-13(7-5-12)19(3,16)17/h4-7,10-11,14-15H,8-9H2,1-3H3. The van der Waals surface area contributed by atoms with Crippen LogP contribution in [0.25, 0.3) is 0 Å². The molecule has 1 aromatic rings. The van der Waals surface area contributed by atoms with E-state index in [-0.39, 0.29) is 12.2 Å². The van der Waals surface area contributed by atoms with E-state index in [1.807, 2.05) is 12.1 Å². The molecule has 3 atom stereocenters. The molecule has 3 unspecified atom stereocenters. The highest BCUT2D eigenvalue weighted by Gasteiger charge is 2.22. The molecule has 1 heterocycles. The molecule has 106 valence electrons. The van der Waals surface area contributed by atoms with E-state index >= 15 is 0 Å². The SMILES string of the molecule is CC1CC(C)OC(c2ccc(S(C)(=O)=O)cc2)CN1. The summed E-state index contributed by atoms with van der Waals surface area (Å²) in [6.45, 7) is 4.97. The summed E-state index contributed by atoms with van der Waals surface area (Å²) in [5, 5.41) is 3.43. The molecule has 0 saturated carbocycles. The van der Waals surface area contributed by atoms with Crippen molar-refractivity contribution in [3.05, 3.63) is 29.8 Å². The van der Waals surface area contributed by atoms with Gasteiger partial charge in [-0.25, -0.2) is 8.42 Å². The number of hydrogen-bond acceptors (Lipinski definition) is 4. The largest absolute Gasteiger partial charge is 0.369 e. The average molecular weight is 283 g/mol. The molecule has 1 aromatic carbocycles. The Morgan fingerprint density at radius 3 is 2.42 bits per heavy atom. The fraction of sp³-hybridized carbons (Fsp3) is 0.571. The fourth-order valence-electron chi connectivity index (χ4n) is 2.40. The predicted molar refractivity (Wildman–Crippen MR) is 74.9 cm³/mol. The monoisotopic (exact) mass is 283 g/mol. The van der Waals surface area contributed by atoms with Crippen molar-refractivity contribution >= 4 is 9.84 Å². The van der Waals surface area contributed by atoms with Crippen LogP contribution in [0.15, 0.2) is 29.2 Å². The molecule has 1 aliphatic heterocycles. The quantitative estimate of drug-likeness (QED) is 0.901. The van der Waals surface area contributed by atoms with Gasteiger partial charge in [-0.15, -0.1) is 0 Å². The smallest absolute Gasteiger partial charge is 0.175 e. The van der Waals surface area contributed by atoms with E-state index in [1.165, 1.54) is 6.26 Å². The van der Waals surface area contributed by atoms with Gasteiger partial charge < -0.3 is 10.1 Å². The van der Waals surface area contributed by atoms with Crippen LogP contribution in [0, 0.1) is 0 Å². The van der Waals surface area contributed by atoms with Gasteiger partial charge in [-0.05, 0) is 38.0 Å². The highest BCUT2D eigenvalue weighted by molar-refractivity contribution is 7.90. The molecule has 0 aromatic heterocycles. The van der Waals surface area contributed by atoms with Crippen LogP contribution in [0.5, 0.6) is 0 Å². The summed E-state index contributed by atoms with van der Waals surface area (Å²) >= 11 is 0. The Morgan fingerprint density at radius 2 is 1.84 bits per heavy atom. The Balaban J connectivity index is 2.17. The first-order valence-electron chi connectivity index (χ1n) is 6.55. The third-order valence-electron chi connectivity index (χ3n) is 3.41. The number of rotatable bonds is 2. The van der Waals surface area contributed by atoms with Crippen LogP contribution in [0.3, 0.4) is 0 Å². The lowest BCUT2D eigenvalue weighted by atomic mass is 10.1. The molecule has 0 spiro atoms. The van der Waals surface area contributed by atoms with E-state index in [0.717, 1.165) is 18.5 Å². The minimum atomic E-state index is -3.13. The Kier molecular flexibility index (Phi) is 4.28. The number of ether oxygens (including phenoxy) is 1. The van der Waals surface area contributed by atoms with Crippen LogP contribution >= 0.6 is 0 Å². The molecule has 2 rings (SSSR count). The first-order chi connectivity index (χ1) is 8.86. The van der Waals surface area contributed by atoms with Gasteiger partial charge in [0.2, 0.25) is 0 Å². The van der Waals surface area contributed by atoms with Gasteiger partial charge in [0, 0.05) is 18.8 Å². The number of hydrogen-bond donors (Lipinski definition) is 1. The van der Waals surface area contributed by atoms with Gasteiger partial charge in [0.15, 0.2) is 9.84 Å². The maximum absolute atomic E-state index is 11.4. The van der Waals surface area contributed by atoms with Gasteiger partial charge in [0.25, 0.3) is 0 Å². The maximum Gasteiger partial charge on any atom is 0.175 e. The Morgan fingerprint density at radius 1 is 1.21 bits per heavy atom. The molecular formula is C14H21NO3S. The van der Waals surface area contributed by atoms with Gasteiger partial charge in [-0.2, -0.15) is 0 Å². The fourth-order valence-corrected chi connectivity index (χ4v) is 3.03. The molecule has 0 aliphatic carbocycles. The van der Waals surface area contributed by atoms with Crippen molar-refractivity contribution < 1.29 is 13.2 Å². The summed E-state index contributed by atoms with van der Waals surface area (Å²) in [6.07, 6.45) is 2.38. The Hall–Kier alpha value is -0.910. The third-order valence-corrected chi connectivity index (χ3v) is 4.54. The summed E-state index contributed by atoms with van der Waals surface area (Å²) in [7, 11) is -3.13. The molecule has 1 N–H and O–H groups in total. The van der Waals surface area contributed by atoms with Gasteiger partial charge in [0.05, 0.1) is 17.1 Å². The van der Waals surface area contributed by atoms with E-state index in [1.54, 1.807) is 12.1 Å². The molecule has 1 aliphatic rings. The summed E-state index contributed by atoms with van der Waals surface area (Å²) < 4.78 is 28.8. The maximum atomic E-state index is 11.4. The predicted octanol–water partition coefficient (Wildman–Crippen LogP) is 1.92. The van der Waals surface area contributed by atoms with E-state index in [4.69, 9.17) is 4.74 Å². The van der Waals surface area contributed by atoms with Crippen LogP contribution in [-0.2, 0) is 14.6 Å². The summed E-state index contributed by atoms with van der Waals surface area (Å²) in [5.41, 5.74) is 1.01. The van der Waals surface area contributed by atoms with Crippen molar-refractivity contribution in [3.8, 4) is 0 Å². The van der Waals surface area contributed by atoms with E-state index in [0.29, 0.717) is 10.9 Å². The molecule has 0 amide bonds. The first kappa shape index (κ1) is 14.5. The van der Waals surface area contributed by atoms with Crippen LogP contribution in [0.2, 0.25) is 0 Å². The Labute approximate surface area is 115 Å². The lowest BCUT2D eigenvalue weighted by Crippen LogP contribution is -2.27. The topological polar surface area (TPSA) is 55.4 Å². The van der Waals surface area contributed by atoms with Crippen molar-refractivity contribution in [2.75, 3.05) is 12.8 Å². The van der Waals surface area contributed by atoms with Crippen LogP contribution in [0.4, 0.5) is 0 Å². The van der Waals surface area contributed by atoms with Gasteiger partial charge in [-0.1, -0.05) is 12.1 Å². The zero-order valence-electron chi connectivity index (χ0n) is 11.6. The van der Waals surface area contributed by atoms with E-state index in [9.17, 15) is 8.42 Å². The molecule has 1 saturated heterocycles. The normalized spacial score (nSPS) is 28.9. The van der Waals surface area contributed by atoms with Crippen molar-refractivity contribution in [1.82, 2.24) is 5.32 Å². The van der Waals surface area contributed by atoms with Crippen LogP contribution in [-0.4, -0.2) is 33.4 Å². The number of benzene rings is 1. The van der Waals surface area contributed by atoms with Gasteiger partial charge in [0.1, 0.15) is 0 Å². The highest BCUT2D eigenvalue weighted by atomic mass is 32.2. The highest BCUT2D eigenvalue weighted by Crippen LogP contribution is 2.24. The lowest BCUT2D eigenvalue weighted by Gasteiger charge is -2.19. The molecular weight excluding hydrogens is 262 g/mol. The molecule has 0 bridgehead atoms. The van der Waals surface area contributed by atoms with E-state index < -0.39 is 9.84 Å². The molecule has 5 heteroatoms. The summed E-state index contributed by atoms with van der Waals surface area (Å²) in [4.78, 5) is 0.347. The molecule has 19 heavy (non-hydrogen) atoms. The average Bonchev–Trinajstić information content (AvgIpc) is 2.49. The summed E-state index contributed by atoms with van der Waals surface area (Å²) in [5.74, 6) is 0. The van der Waals surface area contributed by atoms with Gasteiger partial charge in [-0.3, -0.25) is 0 Å².